The number of hydrogen-bond donors (Lipinski definition) is 2. The molecule has 70 valence electrons. The van der Waals surface area contributed by atoms with Crippen molar-refractivity contribution in [3.05, 3.63) is 0 Å². The molecule has 1 saturated heterocycles. The van der Waals surface area contributed by atoms with E-state index >= 15 is 0 Å². The molecular weight excluding hydrogens is 170 g/mol. The van der Waals surface area contributed by atoms with E-state index in [0.717, 1.165) is 0 Å². The fourth-order valence-electron chi connectivity index (χ4n) is 1.16. The highest BCUT2D eigenvalue weighted by Crippen LogP contribution is 2.06. The lowest BCUT2D eigenvalue weighted by Crippen LogP contribution is -2.44. The molecule has 0 aliphatic carbocycles. The first-order chi connectivity index (χ1) is 6.13. The van der Waals surface area contributed by atoms with Crippen molar-refractivity contribution in [2.75, 3.05) is 0 Å². The minimum Gasteiger partial charge on any atom is -0.344 e. The quantitative estimate of drug-likeness (QED) is 0.590. The number of nitriles is 1. The Hall–Kier alpha value is -1.57. The molecular formula is C8H11N3O2. The lowest BCUT2D eigenvalue weighted by atomic mass is 10.2. The van der Waals surface area contributed by atoms with Gasteiger partial charge in [-0.1, -0.05) is 0 Å². The van der Waals surface area contributed by atoms with Crippen molar-refractivity contribution in [1.29, 1.82) is 5.26 Å². The summed E-state index contributed by atoms with van der Waals surface area (Å²) < 4.78 is 0. The fraction of sp³-hybridized carbons (Fsp3) is 0.625. The number of carbonyl (C=O) groups excluding carboxylic acids is 2. The van der Waals surface area contributed by atoms with Gasteiger partial charge in [-0.2, -0.15) is 5.26 Å². The minimum absolute atomic E-state index is 0.107. The molecule has 2 N–H and O–H groups in total. The first kappa shape index (κ1) is 9.52. The van der Waals surface area contributed by atoms with E-state index in [1.807, 2.05) is 6.07 Å². The van der Waals surface area contributed by atoms with Gasteiger partial charge in [0.05, 0.1) is 6.07 Å². The highest BCUT2D eigenvalue weighted by molar-refractivity contribution is 5.90. The van der Waals surface area contributed by atoms with Gasteiger partial charge in [0, 0.05) is 6.42 Å². The first-order valence-electron chi connectivity index (χ1n) is 4.13. The van der Waals surface area contributed by atoms with Gasteiger partial charge in [0.1, 0.15) is 12.1 Å². The highest BCUT2D eigenvalue weighted by Gasteiger charge is 2.27. The zero-order valence-electron chi connectivity index (χ0n) is 7.33. The summed E-state index contributed by atoms with van der Waals surface area (Å²) in [6.07, 6.45) is 0.905. The fourth-order valence-corrected chi connectivity index (χ4v) is 1.16. The van der Waals surface area contributed by atoms with E-state index < -0.39 is 12.1 Å². The Kier molecular flexibility index (Phi) is 2.85. The van der Waals surface area contributed by atoms with Crippen molar-refractivity contribution < 1.29 is 9.59 Å². The maximum atomic E-state index is 11.3. The van der Waals surface area contributed by atoms with Crippen LogP contribution < -0.4 is 10.6 Å². The molecule has 2 atom stereocenters. The third-order valence-electron chi connectivity index (χ3n) is 1.86. The van der Waals surface area contributed by atoms with Crippen molar-refractivity contribution in [3.63, 3.8) is 0 Å². The van der Waals surface area contributed by atoms with Gasteiger partial charge in [0.25, 0.3) is 0 Å². The summed E-state index contributed by atoms with van der Waals surface area (Å²) in [7, 11) is 0. The van der Waals surface area contributed by atoms with E-state index in [1.165, 1.54) is 0 Å². The summed E-state index contributed by atoms with van der Waals surface area (Å²) in [4.78, 5) is 22.0. The van der Waals surface area contributed by atoms with Crippen LogP contribution in [0.15, 0.2) is 0 Å². The summed E-state index contributed by atoms with van der Waals surface area (Å²) in [5, 5.41) is 13.4. The van der Waals surface area contributed by atoms with E-state index in [1.54, 1.807) is 6.92 Å². The van der Waals surface area contributed by atoms with Crippen molar-refractivity contribution in [2.45, 2.75) is 31.8 Å². The molecule has 13 heavy (non-hydrogen) atoms. The largest absolute Gasteiger partial charge is 0.344 e. The molecule has 1 aliphatic heterocycles. The number of carbonyl (C=O) groups is 2. The standard InChI is InChI=1S/C8H11N3O2/c1-5(4-9)10-8(13)6-2-3-7(12)11-6/h5-6H,2-3H2,1H3,(H,10,13)(H,11,12)/t5-,6+/m0/s1. The van der Waals surface area contributed by atoms with E-state index in [0.29, 0.717) is 12.8 Å². The third kappa shape index (κ3) is 2.44. The van der Waals surface area contributed by atoms with Gasteiger partial charge in [-0.05, 0) is 13.3 Å². The molecule has 1 rings (SSSR count). The monoisotopic (exact) mass is 181 g/mol. The van der Waals surface area contributed by atoms with Gasteiger partial charge in [-0.25, -0.2) is 0 Å². The Morgan fingerprint density at radius 1 is 1.85 bits per heavy atom. The van der Waals surface area contributed by atoms with E-state index in [9.17, 15) is 9.59 Å². The maximum Gasteiger partial charge on any atom is 0.243 e. The molecule has 0 aromatic heterocycles. The lowest BCUT2D eigenvalue weighted by Gasteiger charge is -2.11. The molecule has 0 aromatic carbocycles. The van der Waals surface area contributed by atoms with Crippen LogP contribution in [0, 0.1) is 11.3 Å². The van der Waals surface area contributed by atoms with E-state index in [-0.39, 0.29) is 11.8 Å². The molecule has 0 bridgehead atoms. The molecule has 0 saturated carbocycles. The van der Waals surface area contributed by atoms with Crippen LogP contribution in [0.4, 0.5) is 0 Å². The number of rotatable bonds is 2. The smallest absolute Gasteiger partial charge is 0.243 e. The molecule has 0 radical (unpaired) electrons. The van der Waals surface area contributed by atoms with Crippen LogP contribution >= 0.6 is 0 Å². The molecule has 0 spiro atoms. The van der Waals surface area contributed by atoms with Crippen LogP contribution in [0.1, 0.15) is 19.8 Å². The van der Waals surface area contributed by atoms with Crippen LogP contribution in [0.2, 0.25) is 0 Å². The summed E-state index contributed by atoms with van der Waals surface area (Å²) in [6.45, 7) is 1.59. The van der Waals surface area contributed by atoms with Crippen LogP contribution in [-0.4, -0.2) is 23.9 Å². The average molecular weight is 181 g/mol. The minimum atomic E-state index is -0.509. The van der Waals surface area contributed by atoms with E-state index in [2.05, 4.69) is 10.6 Å². The van der Waals surface area contributed by atoms with Gasteiger partial charge in [0.2, 0.25) is 11.8 Å². The van der Waals surface area contributed by atoms with Crippen LogP contribution in [-0.2, 0) is 9.59 Å². The number of nitrogens with one attached hydrogen (secondary N) is 2. The molecule has 1 heterocycles. The topological polar surface area (TPSA) is 82.0 Å². The maximum absolute atomic E-state index is 11.3. The van der Waals surface area contributed by atoms with Gasteiger partial charge >= 0.3 is 0 Å². The average Bonchev–Trinajstić information content (AvgIpc) is 2.51. The molecule has 5 nitrogen and oxygen atoms in total. The highest BCUT2D eigenvalue weighted by atomic mass is 16.2. The molecule has 5 heteroatoms. The Labute approximate surface area is 76.1 Å². The molecule has 1 fully saturated rings. The Bertz CT molecular complexity index is 269. The number of nitrogens with zero attached hydrogens (tertiary/aromatic N) is 1. The van der Waals surface area contributed by atoms with Crippen molar-refractivity contribution in [3.8, 4) is 6.07 Å². The zero-order chi connectivity index (χ0) is 9.84. The van der Waals surface area contributed by atoms with Crippen molar-refractivity contribution in [2.24, 2.45) is 0 Å². The van der Waals surface area contributed by atoms with Gasteiger partial charge in [-0.3, -0.25) is 9.59 Å². The second-order valence-electron chi connectivity index (χ2n) is 3.02. The Balaban J connectivity index is 2.41. The van der Waals surface area contributed by atoms with Crippen molar-refractivity contribution >= 4 is 11.8 Å². The molecule has 0 unspecified atom stereocenters. The summed E-state index contributed by atoms with van der Waals surface area (Å²) in [5.74, 6) is -0.385. The van der Waals surface area contributed by atoms with Crippen molar-refractivity contribution in [1.82, 2.24) is 10.6 Å². The summed E-state index contributed by atoms with van der Waals surface area (Å²) in [5.41, 5.74) is 0. The summed E-state index contributed by atoms with van der Waals surface area (Å²) >= 11 is 0. The third-order valence-corrected chi connectivity index (χ3v) is 1.86. The molecule has 1 aliphatic rings. The van der Waals surface area contributed by atoms with Crippen LogP contribution in [0.3, 0.4) is 0 Å². The summed E-state index contributed by atoms with van der Waals surface area (Å²) in [6, 6.07) is 0.921. The predicted octanol–water partition coefficient (Wildman–Crippen LogP) is -0.707. The zero-order valence-corrected chi connectivity index (χ0v) is 7.33. The second kappa shape index (κ2) is 3.90. The number of hydrogen-bond acceptors (Lipinski definition) is 3. The first-order valence-corrected chi connectivity index (χ1v) is 4.13. The number of amides is 2. The molecule has 2 amide bonds. The van der Waals surface area contributed by atoms with Crippen LogP contribution in [0.25, 0.3) is 0 Å². The SMILES string of the molecule is C[C@@H](C#N)NC(=O)[C@H]1CCC(=O)N1. The van der Waals surface area contributed by atoms with Gasteiger partial charge in [-0.15, -0.1) is 0 Å². The molecule has 0 aromatic rings. The van der Waals surface area contributed by atoms with Gasteiger partial charge < -0.3 is 10.6 Å². The Morgan fingerprint density at radius 3 is 3.00 bits per heavy atom. The van der Waals surface area contributed by atoms with E-state index in [4.69, 9.17) is 5.26 Å². The Morgan fingerprint density at radius 2 is 2.54 bits per heavy atom. The second-order valence-corrected chi connectivity index (χ2v) is 3.02. The van der Waals surface area contributed by atoms with Crippen LogP contribution in [0.5, 0.6) is 0 Å². The lowest BCUT2D eigenvalue weighted by molar-refractivity contribution is -0.125. The van der Waals surface area contributed by atoms with Gasteiger partial charge in [0.15, 0.2) is 0 Å². The normalized spacial score (nSPS) is 23.1. The predicted molar refractivity (Wildman–Crippen MR) is 44.4 cm³/mol.